The minimum Gasteiger partial charge on any atom is -0.493 e. The van der Waals surface area contributed by atoms with Crippen molar-refractivity contribution in [2.75, 3.05) is 13.7 Å². The topological polar surface area (TPSA) is 49.0 Å². The van der Waals surface area contributed by atoms with E-state index in [0.717, 1.165) is 42.0 Å². The van der Waals surface area contributed by atoms with Crippen molar-refractivity contribution in [3.63, 3.8) is 0 Å². The molecule has 1 heterocycles. The summed E-state index contributed by atoms with van der Waals surface area (Å²) in [5, 5.41) is 3.59. The van der Waals surface area contributed by atoms with Crippen molar-refractivity contribution in [1.82, 2.24) is 5.32 Å². The van der Waals surface area contributed by atoms with Crippen LogP contribution in [0.1, 0.15) is 64.5 Å². The Kier molecular flexibility index (Phi) is 7.71. The summed E-state index contributed by atoms with van der Waals surface area (Å²) in [5.41, 5.74) is 2.66. The molecule has 1 N–H and O–H groups in total. The van der Waals surface area contributed by atoms with Crippen LogP contribution in [-0.4, -0.2) is 38.1 Å². The summed E-state index contributed by atoms with van der Waals surface area (Å²) in [6.45, 7) is 9.77. The van der Waals surface area contributed by atoms with E-state index in [-0.39, 0.29) is 17.3 Å². The minimum atomic E-state index is -0.417. The summed E-state index contributed by atoms with van der Waals surface area (Å²) in [6, 6.07) is 16.6. The number of benzene rings is 2. The van der Waals surface area contributed by atoms with Crippen LogP contribution in [0.25, 0.3) is 5.57 Å². The van der Waals surface area contributed by atoms with Crippen LogP contribution >= 0.6 is 0 Å². The van der Waals surface area contributed by atoms with Gasteiger partial charge < -0.3 is 24.1 Å². The summed E-state index contributed by atoms with van der Waals surface area (Å²) < 4.78 is 24.5. The Morgan fingerprint density at radius 3 is 2.32 bits per heavy atom. The third kappa shape index (κ3) is 5.85. The Hall–Kier alpha value is -2.28. The van der Waals surface area contributed by atoms with Crippen molar-refractivity contribution in [2.45, 2.75) is 77.2 Å². The van der Waals surface area contributed by atoms with Crippen LogP contribution in [0.15, 0.2) is 54.5 Å². The third-order valence-electron chi connectivity index (χ3n) is 7.23. The summed E-state index contributed by atoms with van der Waals surface area (Å²) in [6.07, 6.45) is 4.91. The number of nitrogens with one attached hydrogen (secondary N) is 1. The van der Waals surface area contributed by atoms with Crippen molar-refractivity contribution < 1.29 is 18.8 Å². The van der Waals surface area contributed by atoms with Crippen molar-refractivity contribution in [1.29, 1.82) is 0 Å². The first-order valence-electron chi connectivity index (χ1n) is 12.4. The van der Waals surface area contributed by atoms with Crippen LogP contribution in [0.5, 0.6) is 11.5 Å². The first kappa shape index (κ1) is 24.8. The average Bonchev–Trinajstić information content (AvgIpc) is 3.38. The molecule has 4 rings (SSSR count). The smallest absolute Gasteiger partial charge is 0.487 e. The van der Waals surface area contributed by atoms with E-state index in [9.17, 15) is 0 Å². The summed E-state index contributed by atoms with van der Waals surface area (Å²) in [4.78, 5) is 0. The van der Waals surface area contributed by atoms with Gasteiger partial charge in [0.25, 0.3) is 0 Å². The van der Waals surface area contributed by atoms with Crippen LogP contribution in [0.3, 0.4) is 0 Å². The molecule has 5 nitrogen and oxygen atoms in total. The largest absolute Gasteiger partial charge is 0.493 e. The lowest BCUT2D eigenvalue weighted by molar-refractivity contribution is 0.00578. The lowest BCUT2D eigenvalue weighted by atomic mass is 9.84. The van der Waals surface area contributed by atoms with E-state index >= 15 is 0 Å². The highest BCUT2D eigenvalue weighted by atomic mass is 16.7. The molecule has 0 atom stereocenters. The zero-order valence-corrected chi connectivity index (χ0v) is 21.2. The fraction of sp³-hybridized carbons (Fsp3) is 0.500. The molecule has 6 heteroatoms. The van der Waals surface area contributed by atoms with Gasteiger partial charge in [-0.05, 0) is 88.2 Å². The van der Waals surface area contributed by atoms with Gasteiger partial charge in [-0.3, -0.25) is 0 Å². The number of hydrogen-bond acceptors (Lipinski definition) is 5. The van der Waals surface area contributed by atoms with Crippen LogP contribution < -0.4 is 14.8 Å². The third-order valence-corrected chi connectivity index (χ3v) is 7.23. The molecule has 182 valence electrons. The van der Waals surface area contributed by atoms with Gasteiger partial charge in [0.2, 0.25) is 0 Å². The van der Waals surface area contributed by atoms with Crippen LogP contribution in [0.2, 0.25) is 0 Å². The van der Waals surface area contributed by atoms with Crippen molar-refractivity contribution in [2.24, 2.45) is 0 Å². The molecule has 1 aliphatic heterocycles. The highest BCUT2D eigenvalue weighted by Crippen LogP contribution is 2.38. The van der Waals surface area contributed by atoms with Gasteiger partial charge in [-0.15, -0.1) is 0 Å². The number of rotatable bonds is 9. The zero-order chi connectivity index (χ0) is 24.2. The standard InChI is InChI=1S/C28H38BNO4/c1-27(2)28(3,4)34-29(33-27)18-23(20-30-19-21-11-7-6-8-12-21)22-15-16-25(31-5)26(17-22)32-24-13-9-10-14-24/h6-8,11-12,15-18,24,30H,9-10,13-14,19-20H2,1-5H3/b23-18+. The Balaban J connectivity index is 1.59. The van der Waals surface area contributed by atoms with Gasteiger partial charge in [0.1, 0.15) is 0 Å². The van der Waals surface area contributed by atoms with Crippen LogP contribution in [0.4, 0.5) is 0 Å². The van der Waals surface area contributed by atoms with Crippen molar-refractivity contribution in [3.05, 3.63) is 65.6 Å². The summed E-state index contributed by atoms with van der Waals surface area (Å²) in [5.74, 6) is 3.66. The molecule has 0 bridgehead atoms. The maximum atomic E-state index is 6.36. The monoisotopic (exact) mass is 463 g/mol. The molecule has 1 saturated carbocycles. The summed E-state index contributed by atoms with van der Waals surface area (Å²) in [7, 11) is 1.28. The van der Waals surface area contributed by atoms with Gasteiger partial charge in [-0.2, -0.15) is 0 Å². The Labute approximate surface area is 205 Å². The molecule has 1 saturated heterocycles. The molecule has 34 heavy (non-hydrogen) atoms. The Morgan fingerprint density at radius 1 is 1.00 bits per heavy atom. The van der Waals surface area contributed by atoms with Gasteiger partial charge in [0.05, 0.1) is 24.4 Å². The van der Waals surface area contributed by atoms with Gasteiger partial charge in [0.15, 0.2) is 11.5 Å². The van der Waals surface area contributed by atoms with E-state index in [2.05, 4.69) is 75.4 Å². The second kappa shape index (κ2) is 10.6. The molecule has 0 amide bonds. The Morgan fingerprint density at radius 2 is 1.68 bits per heavy atom. The SMILES string of the molecule is COc1ccc(/C(=C/B2OC(C)(C)C(C)(C)O2)CNCc2ccccc2)cc1OC1CCCC1. The molecule has 2 fully saturated rings. The normalized spacial score (nSPS) is 20.0. The van der Waals surface area contributed by atoms with E-state index in [1.165, 1.54) is 18.4 Å². The molecular formula is C28H38BNO4. The molecule has 0 aromatic heterocycles. The molecule has 1 aliphatic carbocycles. The molecule has 0 radical (unpaired) electrons. The van der Waals surface area contributed by atoms with Crippen LogP contribution in [0, 0.1) is 0 Å². The maximum Gasteiger partial charge on any atom is 0.487 e. The molecule has 0 unspecified atom stereocenters. The molecule has 2 aromatic rings. The van der Waals surface area contributed by atoms with Crippen molar-refractivity contribution >= 4 is 12.7 Å². The number of methoxy groups -OCH3 is 1. The Bertz CT molecular complexity index is 967. The lowest BCUT2D eigenvalue weighted by Gasteiger charge is -2.32. The van der Waals surface area contributed by atoms with E-state index in [1.54, 1.807) is 7.11 Å². The van der Waals surface area contributed by atoms with E-state index < -0.39 is 7.12 Å². The molecule has 2 aromatic carbocycles. The average molecular weight is 463 g/mol. The zero-order valence-electron chi connectivity index (χ0n) is 21.2. The lowest BCUT2D eigenvalue weighted by Crippen LogP contribution is -2.41. The predicted molar refractivity (Wildman–Crippen MR) is 138 cm³/mol. The number of ether oxygens (including phenoxy) is 2. The van der Waals surface area contributed by atoms with Gasteiger partial charge >= 0.3 is 7.12 Å². The minimum absolute atomic E-state index is 0.260. The van der Waals surface area contributed by atoms with Crippen LogP contribution in [-0.2, 0) is 15.9 Å². The highest BCUT2D eigenvalue weighted by molar-refractivity contribution is 6.53. The highest BCUT2D eigenvalue weighted by Gasteiger charge is 2.50. The fourth-order valence-corrected chi connectivity index (χ4v) is 4.47. The molecular weight excluding hydrogens is 425 g/mol. The van der Waals surface area contributed by atoms with Crippen molar-refractivity contribution in [3.8, 4) is 11.5 Å². The van der Waals surface area contributed by atoms with Gasteiger partial charge in [-0.1, -0.05) is 36.4 Å². The quantitative estimate of drug-likeness (QED) is 0.475. The first-order valence-corrected chi connectivity index (χ1v) is 12.4. The maximum absolute atomic E-state index is 6.36. The second-order valence-corrected chi connectivity index (χ2v) is 10.3. The van der Waals surface area contributed by atoms with E-state index in [1.807, 2.05) is 12.1 Å². The summed E-state index contributed by atoms with van der Waals surface area (Å²) >= 11 is 0. The second-order valence-electron chi connectivity index (χ2n) is 10.3. The predicted octanol–water partition coefficient (Wildman–Crippen LogP) is 5.82. The van der Waals surface area contributed by atoms with E-state index in [0.29, 0.717) is 6.54 Å². The number of hydrogen-bond donors (Lipinski definition) is 1. The molecule has 2 aliphatic rings. The van der Waals surface area contributed by atoms with Gasteiger partial charge in [0, 0.05) is 13.1 Å². The molecule has 0 spiro atoms. The van der Waals surface area contributed by atoms with E-state index in [4.69, 9.17) is 18.8 Å². The fourth-order valence-electron chi connectivity index (χ4n) is 4.47. The van der Waals surface area contributed by atoms with Gasteiger partial charge in [-0.25, -0.2) is 0 Å². The first-order chi connectivity index (χ1) is 16.3.